The molecule has 2 aliphatic carbocycles. The quantitative estimate of drug-likeness (QED) is 0.490. The van der Waals surface area contributed by atoms with Crippen molar-refractivity contribution in [2.45, 2.75) is 88.1 Å². The Kier molecular flexibility index (Phi) is 7.33. The molecule has 1 unspecified atom stereocenters. The summed E-state index contributed by atoms with van der Waals surface area (Å²) >= 11 is 0. The Morgan fingerprint density at radius 1 is 1.14 bits per heavy atom. The molecule has 1 heterocycles. The first-order valence-electron chi connectivity index (χ1n) is 11.0. The molecule has 162 valence electrons. The number of rotatable bonds is 4. The second-order valence-electron chi connectivity index (χ2n) is 8.98. The molecule has 0 aromatic heterocycles. The molecule has 0 bridgehead atoms. The Morgan fingerprint density at radius 3 is 2.52 bits per heavy atom. The largest absolute Gasteiger partial charge is 0.463 e. The number of hydrogen-bond acceptors (Lipinski definition) is 5. The summed E-state index contributed by atoms with van der Waals surface area (Å²) in [6.45, 7) is 0.137. The maximum absolute atomic E-state index is 13.1. The molecule has 2 fully saturated rings. The van der Waals surface area contributed by atoms with Gasteiger partial charge in [-0.1, -0.05) is 37.8 Å². The van der Waals surface area contributed by atoms with E-state index in [9.17, 15) is 19.5 Å². The Morgan fingerprint density at radius 2 is 1.83 bits per heavy atom. The van der Waals surface area contributed by atoms with Gasteiger partial charge in [-0.25, -0.2) is 0 Å². The third-order valence-corrected chi connectivity index (χ3v) is 6.63. The topological polar surface area (TPSA) is 105 Å². The second kappa shape index (κ2) is 9.74. The number of amides is 2. The third-order valence-electron chi connectivity index (χ3n) is 6.63. The van der Waals surface area contributed by atoms with Crippen LogP contribution >= 0.6 is 0 Å². The van der Waals surface area contributed by atoms with E-state index in [1.54, 1.807) is 0 Å². The molecule has 7 nitrogen and oxygen atoms in total. The van der Waals surface area contributed by atoms with Crippen molar-refractivity contribution in [1.82, 2.24) is 10.6 Å². The summed E-state index contributed by atoms with van der Waals surface area (Å²) < 4.78 is 5.44. The monoisotopic (exact) mass is 406 g/mol. The van der Waals surface area contributed by atoms with Crippen molar-refractivity contribution < 1.29 is 24.2 Å². The predicted octanol–water partition coefficient (Wildman–Crippen LogP) is 2.13. The van der Waals surface area contributed by atoms with Gasteiger partial charge in [-0.3, -0.25) is 14.4 Å². The highest BCUT2D eigenvalue weighted by molar-refractivity contribution is 5.86. The van der Waals surface area contributed by atoms with Crippen LogP contribution in [0.1, 0.15) is 77.0 Å². The fourth-order valence-corrected chi connectivity index (χ4v) is 4.82. The van der Waals surface area contributed by atoms with E-state index in [1.165, 1.54) is 0 Å². The lowest BCUT2D eigenvalue weighted by atomic mass is 9.92. The van der Waals surface area contributed by atoms with Crippen LogP contribution in [0.15, 0.2) is 12.2 Å². The highest BCUT2D eigenvalue weighted by Gasteiger charge is 2.39. The number of cyclic esters (lactones) is 1. The predicted molar refractivity (Wildman–Crippen MR) is 108 cm³/mol. The maximum atomic E-state index is 13.1. The van der Waals surface area contributed by atoms with Crippen molar-refractivity contribution in [1.29, 1.82) is 0 Å². The number of carbonyl (C=O) groups excluding carboxylic acids is 3. The van der Waals surface area contributed by atoms with Gasteiger partial charge in [0.2, 0.25) is 11.8 Å². The van der Waals surface area contributed by atoms with Crippen molar-refractivity contribution in [3.8, 4) is 0 Å². The number of hydrogen-bond donors (Lipinski definition) is 3. The van der Waals surface area contributed by atoms with Crippen LogP contribution < -0.4 is 10.6 Å². The van der Waals surface area contributed by atoms with Crippen LogP contribution in [0.2, 0.25) is 0 Å². The van der Waals surface area contributed by atoms with Gasteiger partial charge in [0.25, 0.3) is 0 Å². The van der Waals surface area contributed by atoms with E-state index in [0.29, 0.717) is 19.3 Å². The van der Waals surface area contributed by atoms with Crippen LogP contribution in [0.5, 0.6) is 0 Å². The van der Waals surface area contributed by atoms with Crippen LogP contribution in [0.3, 0.4) is 0 Å². The van der Waals surface area contributed by atoms with Crippen molar-refractivity contribution >= 4 is 17.8 Å². The smallest absolute Gasteiger partial charge is 0.306 e. The van der Waals surface area contributed by atoms with E-state index in [0.717, 1.165) is 51.4 Å². The molecule has 7 heteroatoms. The Hall–Kier alpha value is -1.89. The number of ether oxygens (including phenoxy) is 1. The van der Waals surface area contributed by atoms with Gasteiger partial charge in [-0.05, 0) is 38.5 Å². The summed E-state index contributed by atoms with van der Waals surface area (Å²) in [4.78, 5) is 37.7. The van der Waals surface area contributed by atoms with Crippen molar-refractivity contribution in [2.24, 2.45) is 5.92 Å². The maximum Gasteiger partial charge on any atom is 0.306 e. The first-order valence-corrected chi connectivity index (χ1v) is 11.0. The van der Waals surface area contributed by atoms with E-state index in [4.69, 9.17) is 4.74 Å². The Balaban J connectivity index is 1.69. The van der Waals surface area contributed by atoms with Gasteiger partial charge in [0.05, 0.1) is 23.6 Å². The van der Waals surface area contributed by atoms with E-state index in [2.05, 4.69) is 10.6 Å². The minimum atomic E-state index is -0.532. The lowest BCUT2D eigenvalue weighted by molar-refractivity contribution is -0.147. The first-order chi connectivity index (χ1) is 14.0. The second-order valence-corrected chi connectivity index (χ2v) is 8.98. The molecule has 1 spiro atoms. The molecule has 0 saturated heterocycles. The van der Waals surface area contributed by atoms with E-state index in [1.807, 2.05) is 12.2 Å². The molecular weight excluding hydrogens is 372 g/mol. The van der Waals surface area contributed by atoms with Crippen LogP contribution in [-0.4, -0.2) is 47.2 Å². The average molecular weight is 407 g/mol. The summed E-state index contributed by atoms with van der Waals surface area (Å²) in [6, 6.07) is 0. The minimum absolute atomic E-state index is 0.0655. The molecule has 0 radical (unpaired) electrons. The van der Waals surface area contributed by atoms with Crippen LogP contribution in [-0.2, 0) is 19.1 Å². The van der Waals surface area contributed by atoms with Crippen molar-refractivity contribution in [3.63, 3.8) is 0 Å². The van der Waals surface area contributed by atoms with Crippen LogP contribution in [0.25, 0.3) is 0 Å². The normalized spacial score (nSPS) is 27.0. The minimum Gasteiger partial charge on any atom is -0.463 e. The zero-order chi connectivity index (χ0) is 20.7. The van der Waals surface area contributed by atoms with E-state index < -0.39 is 17.0 Å². The highest BCUT2D eigenvalue weighted by Crippen LogP contribution is 2.32. The van der Waals surface area contributed by atoms with Gasteiger partial charge in [0.15, 0.2) is 0 Å². The molecule has 2 amide bonds. The third kappa shape index (κ3) is 5.81. The SMILES string of the molecule is O=C(CC1CC=CCCC(=O)OCC2(CCCC2)NC1=O)NC1(CO)CCCC1. The fourth-order valence-electron chi connectivity index (χ4n) is 4.82. The summed E-state index contributed by atoms with van der Waals surface area (Å²) in [7, 11) is 0. The average Bonchev–Trinajstić information content (AvgIpc) is 3.35. The number of carbonyl (C=O) groups is 3. The molecule has 2 saturated carbocycles. The lowest BCUT2D eigenvalue weighted by Crippen LogP contribution is -2.53. The number of aliphatic hydroxyl groups is 1. The zero-order valence-corrected chi connectivity index (χ0v) is 17.2. The van der Waals surface area contributed by atoms with Gasteiger partial charge in [-0.15, -0.1) is 0 Å². The summed E-state index contributed by atoms with van der Waals surface area (Å²) in [5.41, 5.74) is -1.04. The fraction of sp³-hybridized carbons (Fsp3) is 0.773. The van der Waals surface area contributed by atoms with Crippen LogP contribution in [0, 0.1) is 5.92 Å². The number of nitrogens with one attached hydrogen (secondary N) is 2. The highest BCUT2D eigenvalue weighted by atomic mass is 16.5. The number of aliphatic hydroxyl groups excluding tert-OH is 1. The zero-order valence-electron chi connectivity index (χ0n) is 17.2. The van der Waals surface area contributed by atoms with Crippen LogP contribution in [0.4, 0.5) is 0 Å². The molecule has 1 atom stereocenters. The molecule has 0 aromatic carbocycles. The molecule has 3 N–H and O–H groups in total. The molecule has 3 aliphatic rings. The van der Waals surface area contributed by atoms with Crippen molar-refractivity contribution in [2.75, 3.05) is 13.2 Å². The molecule has 1 aliphatic heterocycles. The van der Waals surface area contributed by atoms with E-state index in [-0.39, 0.29) is 37.4 Å². The number of esters is 1. The van der Waals surface area contributed by atoms with Gasteiger partial charge < -0.3 is 20.5 Å². The molecule has 3 rings (SSSR count). The standard InChI is InChI=1S/C22H34N2O5/c25-15-21(10-4-5-11-21)23-18(26)14-17-8-2-1-3-9-19(27)29-16-22(24-20(17)28)12-6-7-13-22/h1-2,17,25H,3-16H2,(H,23,26)(H,24,28). The van der Waals surface area contributed by atoms with Gasteiger partial charge >= 0.3 is 5.97 Å². The number of allylic oxidation sites excluding steroid dienone is 2. The first kappa shape index (κ1) is 21.8. The Bertz CT molecular complexity index is 633. The van der Waals surface area contributed by atoms with Crippen molar-refractivity contribution in [3.05, 3.63) is 12.2 Å². The van der Waals surface area contributed by atoms with Gasteiger partial charge in [0.1, 0.15) is 6.61 Å². The van der Waals surface area contributed by atoms with Gasteiger partial charge in [0, 0.05) is 12.8 Å². The molecule has 0 aromatic rings. The molecule has 29 heavy (non-hydrogen) atoms. The lowest BCUT2D eigenvalue weighted by Gasteiger charge is -2.32. The van der Waals surface area contributed by atoms with Gasteiger partial charge in [-0.2, -0.15) is 0 Å². The summed E-state index contributed by atoms with van der Waals surface area (Å²) in [5.74, 6) is -1.06. The summed E-state index contributed by atoms with van der Waals surface area (Å²) in [5, 5.41) is 15.9. The molecular formula is C22H34N2O5. The summed E-state index contributed by atoms with van der Waals surface area (Å²) in [6.07, 6.45) is 12.3. The Labute approximate surface area is 172 Å². The van der Waals surface area contributed by atoms with E-state index >= 15 is 0 Å².